The number of fused-ring (bicyclic) bond motifs is 1. The fraction of sp³-hybridized carbons (Fsp3) is 0.0476. The number of hydrogen-bond donors (Lipinski definition) is 1. The average molecular weight is 436 g/mol. The minimum Gasteiger partial charge on any atom is -0.410 e. The fourth-order valence-electron chi connectivity index (χ4n) is 3.08. The van der Waals surface area contributed by atoms with Crippen molar-refractivity contribution >= 4 is 26.7 Å². The quantitative estimate of drug-likeness (QED) is 0.506. The minimum absolute atomic E-state index is 0.0447. The molecule has 0 aliphatic carbocycles. The molecule has 4 aromatic rings. The van der Waals surface area contributed by atoms with Crippen molar-refractivity contribution in [2.45, 2.75) is 16.3 Å². The molecule has 0 saturated heterocycles. The molecule has 2 aromatic carbocycles. The molecule has 2 N–H and O–H groups in total. The number of benzene rings is 2. The van der Waals surface area contributed by atoms with E-state index in [9.17, 15) is 18.0 Å². The zero-order valence-electron chi connectivity index (χ0n) is 16.0. The number of carbonyl (C=O) groups excluding carboxylic acids is 1. The lowest BCUT2D eigenvalue weighted by atomic mass is 10.2. The van der Waals surface area contributed by atoms with Crippen molar-refractivity contribution in [2.75, 3.05) is 0 Å². The number of rotatable bonds is 5. The highest BCUT2D eigenvalue weighted by molar-refractivity contribution is 7.91. The second-order valence-electron chi connectivity index (χ2n) is 6.62. The molecule has 0 radical (unpaired) electrons. The normalized spacial score (nSPS) is 11.4. The Kier molecular flexibility index (Phi) is 5.22. The summed E-state index contributed by atoms with van der Waals surface area (Å²) in [5.74, 6) is 0.254. The summed E-state index contributed by atoms with van der Waals surface area (Å²) in [6.45, 7) is 0.125. The van der Waals surface area contributed by atoms with E-state index in [-0.39, 0.29) is 27.6 Å². The second kappa shape index (κ2) is 8.00. The van der Waals surface area contributed by atoms with E-state index in [0.29, 0.717) is 16.3 Å². The van der Waals surface area contributed by atoms with Gasteiger partial charge < -0.3 is 10.5 Å². The molecule has 1 amide bonds. The van der Waals surface area contributed by atoms with Gasteiger partial charge in [-0.1, -0.05) is 12.1 Å². The van der Waals surface area contributed by atoms with Crippen LogP contribution in [0.15, 0.2) is 87.8 Å². The molecule has 0 aliphatic heterocycles. The van der Waals surface area contributed by atoms with Crippen LogP contribution in [-0.4, -0.2) is 29.3 Å². The van der Waals surface area contributed by atoms with Crippen LogP contribution < -0.4 is 16.0 Å². The third kappa shape index (κ3) is 4.14. The molecular weight excluding hydrogens is 420 g/mol. The number of carbonyl (C=O) groups is 1. The Balaban J connectivity index is 1.69. The Hall–Kier alpha value is -4.05. The molecule has 0 fully saturated rings. The maximum atomic E-state index is 12.9. The molecule has 31 heavy (non-hydrogen) atoms. The van der Waals surface area contributed by atoms with E-state index in [2.05, 4.69) is 10.1 Å². The summed E-state index contributed by atoms with van der Waals surface area (Å²) in [6, 6.07) is 13.8. The van der Waals surface area contributed by atoms with Crippen molar-refractivity contribution in [3.05, 3.63) is 89.1 Å². The SMILES string of the molecule is NC(=O)Oc1cccc(Cn2ncc3cc(S(=O)(=O)c4cccnc4)ccc3c2=O)c1. The highest BCUT2D eigenvalue weighted by atomic mass is 32.2. The molecule has 2 aromatic heterocycles. The first kappa shape index (κ1) is 20.2. The third-order valence-electron chi connectivity index (χ3n) is 4.53. The van der Waals surface area contributed by atoms with Gasteiger partial charge >= 0.3 is 6.09 Å². The lowest BCUT2D eigenvalue weighted by molar-refractivity contribution is 0.211. The van der Waals surface area contributed by atoms with Gasteiger partial charge in [-0.2, -0.15) is 5.10 Å². The Bertz CT molecular complexity index is 1450. The highest BCUT2D eigenvalue weighted by Gasteiger charge is 2.19. The van der Waals surface area contributed by atoms with Crippen LogP contribution in [0.3, 0.4) is 0 Å². The van der Waals surface area contributed by atoms with Crippen molar-refractivity contribution in [3.8, 4) is 5.75 Å². The fourth-order valence-corrected chi connectivity index (χ4v) is 4.34. The summed E-state index contributed by atoms with van der Waals surface area (Å²) in [4.78, 5) is 27.7. The van der Waals surface area contributed by atoms with Gasteiger partial charge in [0.15, 0.2) is 0 Å². The van der Waals surface area contributed by atoms with Crippen molar-refractivity contribution in [1.29, 1.82) is 0 Å². The van der Waals surface area contributed by atoms with E-state index in [1.165, 1.54) is 53.6 Å². The van der Waals surface area contributed by atoms with Crippen LogP contribution in [-0.2, 0) is 16.4 Å². The lowest BCUT2D eigenvalue weighted by Crippen LogP contribution is -2.23. The van der Waals surface area contributed by atoms with Crippen molar-refractivity contribution < 1.29 is 17.9 Å². The third-order valence-corrected chi connectivity index (χ3v) is 6.26. The number of pyridine rings is 1. The monoisotopic (exact) mass is 436 g/mol. The van der Waals surface area contributed by atoms with Crippen LogP contribution in [0.4, 0.5) is 4.79 Å². The maximum Gasteiger partial charge on any atom is 0.409 e. The molecule has 0 bridgehead atoms. The zero-order valence-corrected chi connectivity index (χ0v) is 16.8. The summed E-state index contributed by atoms with van der Waals surface area (Å²) < 4.78 is 31.7. The number of nitrogens with two attached hydrogens (primary N) is 1. The molecule has 2 heterocycles. The summed E-state index contributed by atoms with van der Waals surface area (Å²) in [7, 11) is -3.77. The van der Waals surface area contributed by atoms with E-state index in [0.717, 1.165) is 0 Å². The van der Waals surface area contributed by atoms with Gasteiger partial charge in [0.25, 0.3) is 5.56 Å². The van der Waals surface area contributed by atoms with E-state index in [4.69, 9.17) is 10.5 Å². The number of hydrogen-bond acceptors (Lipinski definition) is 7. The van der Waals surface area contributed by atoms with E-state index in [1.54, 1.807) is 24.3 Å². The summed E-state index contributed by atoms with van der Waals surface area (Å²) in [5, 5.41) is 4.88. The summed E-state index contributed by atoms with van der Waals surface area (Å²) in [6.07, 6.45) is 3.26. The van der Waals surface area contributed by atoms with E-state index < -0.39 is 15.9 Å². The zero-order chi connectivity index (χ0) is 22.0. The van der Waals surface area contributed by atoms with E-state index in [1.807, 2.05) is 0 Å². The molecular formula is C21H16N4O5S. The van der Waals surface area contributed by atoms with Gasteiger partial charge in [0.2, 0.25) is 9.84 Å². The number of nitrogens with zero attached hydrogens (tertiary/aromatic N) is 3. The Morgan fingerprint density at radius 3 is 2.61 bits per heavy atom. The lowest BCUT2D eigenvalue weighted by Gasteiger charge is -2.09. The number of ether oxygens (including phenoxy) is 1. The standard InChI is InChI=1S/C21H16N4O5S/c22-21(27)30-16-4-1-3-14(9-16)13-25-20(26)19-7-6-17(10-15(19)11-24-25)31(28,29)18-5-2-8-23-12-18/h1-12H,13H2,(H2,22,27). The predicted octanol–water partition coefficient (Wildman–Crippen LogP) is 2.13. The first-order chi connectivity index (χ1) is 14.8. The summed E-state index contributed by atoms with van der Waals surface area (Å²) in [5.41, 5.74) is 5.30. The molecule has 10 heteroatoms. The van der Waals surface area contributed by atoms with Crippen LogP contribution in [0, 0.1) is 0 Å². The van der Waals surface area contributed by atoms with Gasteiger partial charge in [0, 0.05) is 17.8 Å². The first-order valence-corrected chi connectivity index (χ1v) is 10.5. The van der Waals surface area contributed by atoms with Crippen LogP contribution >= 0.6 is 0 Å². The molecule has 9 nitrogen and oxygen atoms in total. The van der Waals surface area contributed by atoms with Crippen LogP contribution in [0.25, 0.3) is 10.8 Å². The van der Waals surface area contributed by atoms with Gasteiger partial charge in [-0.15, -0.1) is 0 Å². The molecule has 0 unspecified atom stereocenters. The minimum atomic E-state index is -3.77. The molecule has 0 aliphatic rings. The topological polar surface area (TPSA) is 134 Å². The van der Waals surface area contributed by atoms with Crippen LogP contribution in [0.2, 0.25) is 0 Å². The predicted molar refractivity (Wildman–Crippen MR) is 111 cm³/mol. The van der Waals surface area contributed by atoms with Crippen molar-refractivity contribution in [3.63, 3.8) is 0 Å². The van der Waals surface area contributed by atoms with Gasteiger partial charge in [-0.05, 0) is 48.0 Å². The smallest absolute Gasteiger partial charge is 0.409 e. The van der Waals surface area contributed by atoms with Crippen LogP contribution in [0.5, 0.6) is 5.75 Å². The van der Waals surface area contributed by atoms with Gasteiger partial charge in [0.05, 0.1) is 27.9 Å². The van der Waals surface area contributed by atoms with E-state index >= 15 is 0 Å². The maximum absolute atomic E-state index is 12.9. The van der Waals surface area contributed by atoms with Gasteiger partial charge in [-0.25, -0.2) is 17.9 Å². The van der Waals surface area contributed by atoms with Gasteiger partial charge in [0.1, 0.15) is 5.75 Å². The number of amides is 1. The Morgan fingerprint density at radius 2 is 1.87 bits per heavy atom. The molecule has 156 valence electrons. The number of primary amides is 1. The molecule has 4 rings (SSSR count). The number of aromatic nitrogens is 3. The molecule has 0 spiro atoms. The van der Waals surface area contributed by atoms with Gasteiger partial charge in [-0.3, -0.25) is 9.78 Å². The second-order valence-corrected chi connectivity index (χ2v) is 8.57. The molecule has 0 atom stereocenters. The molecule has 0 saturated carbocycles. The average Bonchev–Trinajstić information content (AvgIpc) is 2.76. The summed E-state index contributed by atoms with van der Waals surface area (Å²) >= 11 is 0. The van der Waals surface area contributed by atoms with Crippen molar-refractivity contribution in [2.24, 2.45) is 5.73 Å². The highest BCUT2D eigenvalue weighted by Crippen LogP contribution is 2.23. The Morgan fingerprint density at radius 1 is 1.03 bits per heavy atom. The largest absolute Gasteiger partial charge is 0.410 e. The Labute approximate surface area is 176 Å². The first-order valence-electron chi connectivity index (χ1n) is 9.06. The number of sulfone groups is 1. The van der Waals surface area contributed by atoms with Crippen molar-refractivity contribution in [1.82, 2.24) is 14.8 Å². The van der Waals surface area contributed by atoms with Crippen LogP contribution in [0.1, 0.15) is 5.56 Å².